The Labute approximate surface area is 159 Å². The molecule has 1 N–H and O–H groups in total. The summed E-state index contributed by atoms with van der Waals surface area (Å²) in [5, 5.41) is 2.74. The van der Waals surface area contributed by atoms with Crippen LogP contribution in [-0.4, -0.2) is 28.4 Å². The molecule has 0 spiro atoms. The van der Waals surface area contributed by atoms with E-state index in [0.29, 0.717) is 19.5 Å². The quantitative estimate of drug-likeness (QED) is 0.669. The lowest BCUT2D eigenvalue weighted by molar-refractivity contribution is -0.274. The van der Waals surface area contributed by atoms with Crippen LogP contribution in [0.3, 0.4) is 0 Å². The number of benzene rings is 2. The highest BCUT2D eigenvalue weighted by atomic mass is 19.4. The summed E-state index contributed by atoms with van der Waals surface area (Å²) in [5.74, 6) is 0.0878. The van der Waals surface area contributed by atoms with Crippen LogP contribution >= 0.6 is 0 Å². The van der Waals surface area contributed by atoms with Gasteiger partial charge < -0.3 is 14.6 Å². The van der Waals surface area contributed by atoms with Crippen molar-refractivity contribution in [2.24, 2.45) is 0 Å². The van der Waals surface area contributed by atoms with E-state index in [-0.39, 0.29) is 17.2 Å². The van der Waals surface area contributed by atoms with Gasteiger partial charge >= 0.3 is 6.36 Å². The number of imidazole rings is 1. The van der Waals surface area contributed by atoms with Crippen molar-refractivity contribution >= 4 is 5.91 Å². The van der Waals surface area contributed by atoms with Crippen LogP contribution in [0.5, 0.6) is 5.75 Å². The van der Waals surface area contributed by atoms with E-state index in [1.807, 2.05) is 41.1 Å². The lowest BCUT2D eigenvalue weighted by Gasteiger charge is -2.10. The second-order valence-electron chi connectivity index (χ2n) is 6.04. The summed E-state index contributed by atoms with van der Waals surface area (Å²) in [6, 6.07) is 14.7. The van der Waals surface area contributed by atoms with Gasteiger partial charge in [-0.3, -0.25) is 4.79 Å². The van der Waals surface area contributed by atoms with Gasteiger partial charge in [0, 0.05) is 37.5 Å². The summed E-state index contributed by atoms with van der Waals surface area (Å²) < 4.78 is 42.3. The van der Waals surface area contributed by atoms with Crippen molar-refractivity contribution in [2.45, 2.75) is 19.3 Å². The molecule has 0 aliphatic rings. The number of alkyl halides is 3. The second kappa shape index (κ2) is 8.60. The number of amides is 1. The van der Waals surface area contributed by atoms with Crippen LogP contribution in [0.15, 0.2) is 67.0 Å². The number of carbonyl (C=O) groups is 1. The summed E-state index contributed by atoms with van der Waals surface area (Å²) >= 11 is 0. The van der Waals surface area contributed by atoms with E-state index in [1.165, 1.54) is 12.1 Å². The molecule has 0 aliphatic carbocycles. The number of rotatable bonds is 7. The molecule has 2 aromatic carbocycles. The Balaban J connectivity index is 1.51. The SMILES string of the molecule is O=C(NCCc1nccn1Cc1ccccc1)c1ccc(OC(F)(F)F)cc1. The summed E-state index contributed by atoms with van der Waals surface area (Å²) in [4.78, 5) is 16.5. The van der Waals surface area contributed by atoms with E-state index in [9.17, 15) is 18.0 Å². The molecule has 1 amide bonds. The maximum absolute atomic E-state index is 12.2. The van der Waals surface area contributed by atoms with Crippen molar-refractivity contribution in [1.82, 2.24) is 14.9 Å². The summed E-state index contributed by atoms with van der Waals surface area (Å²) in [6.07, 6.45) is -0.644. The zero-order valence-electron chi connectivity index (χ0n) is 14.8. The summed E-state index contributed by atoms with van der Waals surface area (Å²) in [5.41, 5.74) is 1.40. The number of nitrogens with zero attached hydrogens (tertiary/aromatic N) is 2. The third-order valence-corrected chi connectivity index (χ3v) is 3.98. The smallest absolute Gasteiger partial charge is 0.406 e. The normalized spacial score (nSPS) is 11.2. The molecule has 8 heteroatoms. The summed E-state index contributed by atoms with van der Waals surface area (Å²) in [7, 11) is 0. The molecule has 5 nitrogen and oxygen atoms in total. The van der Waals surface area contributed by atoms with Crippen molar-refractivity contribution in [3.8, 4) is 5.75 Å². The molecule has 0 radical (unpaired) electrons. The fourth-order valence-electron chi connectivity index (χ4n) is 2.69. The molecule has 3 rings (SSSR count). The molecule has 1 heterocycles. The fourth-order valence-corrected chi connectivity index (χ4v) is 2.69. The second-order valence-corrected chi connectivity index (χ2v) is 6.04. The molecular formula is C20H18F3N3O2. The van der Waals surface area contributed by atoms with E-state index < -0.39 is 6.36 Å². The Hall–Kier alpha value is -3.29. The van der Waals surface area contributed by atoms with Crippen LogP contribution in [0.1, 0.15) is 21.7 Å². The fraction of sp³-hybridized carbons (Fsp3) is 0.200. The number of hydrogen-bond acceptors (Lipinski definition) is 3. The Morgan fingerprint density at radius 1 is 1.07 bits per heavy atom. The minimum atomic E-state index is -4.76. The topological polar surface area (TPSA) is 56.2 Å². The van der Waals surface area contributed by atoms with Gasteiger partial charge in [0.25, 0.3) is 5.91 Å². The first-order chi connectivity index (χ1) is 13.4. The average Bonchev–Trinajstić information content (AvgIpc) is 3.09. The number of hydrogen-bond donors (Lipinski definition) is 1. The maximum Gasteiger partial charge on any atom is 0.573 e. The van der Waals surface area contributed by atoms with Crippen LogP contribution < -0.4 is 10.1 Å². The van der Waals surface area contributed by atoms with Crippen molar-refractivity contribution in [3.63, 3.8) is 0 Å². The van der Waals surface area contributed by atoms with Crippen LogP contribution in [0, 0.1) is 0 Å². The van der Waals surface area contributed by atoms with Crippen LogP contribution in [0.2, 0.25) is 0 Å². The van der Waals surface area contributed by atoms with E-state index >= 15 is 0 Å². The van der Waals surface area contributed by atoms with E-state index in [0.717, 1.165) is 23.5 Å². The van der Waals surface area contributed by atoms with Gasteiger partial charge in [0.15, 0.2) is 0 Å². The maximum atomic E-state index is 12.2. The van der Waals surface area contributed by atoms with Crippen LogP contribution in [-0.2, 0) is 13.0 Å². The van der Waals surface area contributed by atoms with Crippen molar-refractivity contribution in [2.75, 3.05) is 6.54 Å². The number of halogens is 3. The van der Waals surface area contributed by atoms with Gasteiger partial charge in [0.1, 0.15) is 11.6 Å². The first-order valence-corrected chi connectivity index (χ1v) is 8.59. The van der Waals surface area contributed by atoms with Crippen LogP contribution in [0.4, 0.5) is 13.2 Å². The molecule has 146 valence electrons. The highest BCUT2D eigenvalue weighted by molar-refractivity contribution is 5.94. The molecule has 0 atom stereocenters. The Morgan fingerprint density at radius 2 is 1.79 bits per heavy atom. The van der Waals surface area contributed by atoms with Gasteiger partial charge in [-0.15, -0.1) is 13.2 Å². The average molecular weight is 389 g/mol. The minimum Gasteiger partial charge on any atom is -0.406 e. The van der Waals surface area contributed by atoms with Crippen molar-refractivity contribution in [1.29, 1.82) is 0 Å². The summed E-state index contributed by atoms with van der Waals surface area (Å²) in [6.45, 7) is 1.04. The lowest BCUT2D eigenvalue weighted by Crippen LogP contribution is -2.26. The van der Waals surface area contributed by atoms with E-state index in [4.69, 9.17) is 0 Å². The predicted molar refractivity (Wildman–Crippen MR) is 96.9 cm³/mol. The highest BCUT2D eigenvalue weighted by Crippen LogP contribution is 2.22. The highest BCUT2D eigenvalue weighted by Gasteiger charge is 2.31. The van der Waals surface area contributed by atoms with Gasteiger partial charge in [0.05, 0.1) is 0 Å². The minimum absolute atomic E-state index is 0.252. The molecule has 0 saturated carbocycles. The van der Waals surface area contributed by atoms with Crippen LogP contribution in [0.25, 0.3) is 0 Å². The molecule has 0 aliphatic heterocycles. The van der Waals surface area contributed by atoms with Gasteiger partial charge in [-0.05, 0) is 29.8 Å². The van der Waals surface area contributed by atoms with Crippen molar-refractivity contribution < 1.29 is 22.7 Å². The monoisotopic (exact) mass is 389 g/mol. The van der Waals surface area contributed by atoms with Crippen molar-refractivity contribution in [3.05, 3.63) is 83.9 Å². The molecule has 0 saturated heterocycles. The molecule has 0 bridgehead atoms. The Kier molecular flexibility index (Phi) is 5.98. The number of carbonyl (C=O) groups excluding carboxylic acids is 1. The third-order valence-electron chi connectivity index (χ3n) is 3.98. The number of nitrogens with one attached hydrogen (secondary N) is 1. The molecule has 0 fully saturated rings. The largest absolute Gasteiger partial charge is 0.573 e. The molecule has 1 aromatic heterocycles. The first-order valence-electron chi connectivity index (χ1n) is 8.59. The zero-order valence-corrected chi connectivity index (χ0v) is 14.8. The van der Waals surface area contributed by atoms with Gasteiger partial charge in [0.2, 0.25) is 0 Å². The van der Waals surface area contributed by atoms with Gasteiger partial charge in [-0.2, -0.15) is 0 Å². The zero-order chi connectivity index (χ0) is 20.0. The first kappa shape index (κ1) is 19.5. The molecule has 0 unspecified atom stereocenters. The van der Waals surface area contributed by atoms with E-state index in [2.05, 4.69) is 15.0 Å². The number of aromatic nitrogens is 2. The predicted octanol–water partition coefficient (Wildman–Crippen LogP) is 3.80. The Morgan fingerprint density at radius 3 is 2.46 bits per heavy atom. The Bertz CT molecular complexity index is 906. The lowest BCUT2D eigenvalue weighted by atomic mass is 10.2. The molecular weight excluding hydrogens is 371 g/mol. The van der Waals surface area contributed by atoms with E-state index in [1.54, 1.807) is 6.20 Å². The molecule has 3 aromatic rings. The third kappa shape index (κ3) is 5.60. The van der Waals surface area contributed by atoms with Gasteiger partial charge in [-0.1, -0.05) is 30.3 Å². The number of ether oxygens (including phenoxy) is 1. The molecule has 28 heavy (non-hydrogen) atoms. The standard InChI is InChI=1S/C20H18F3N3O2/c21-20(22,23)28-17-8-6-16(7-9-17)19(27)25-11-10-18-24-12-13-26(18)14-15-4-2-1-3-5-15/h1-9,12-13H,10-11,14H2,(H,25,27). The van der Waals surface area contributed by atoms with Gasteiger partial charge in [-0.25, -0.2) is 4.98 Å².